The van der Waals surface area contributed by atoms with Crippen molar-refractivity contribution >= 4 is 18.2 Å². The molecule has 0 aromatic heterocycles. The summed E-state index contributed by atoms with van der Waals surface area (Å²) in [4.78, 5) is 38.6. The molecule has 0 saturated heterocycles. The number of hydroxylamine groups is 1. The number of carbonyl (C=O) groups is 3. The molecule has 3 unspecified atom stereocenters. The van der Waals surface area contributed by atoms with Crippen LogP contribution < -0.4 is 5.48 Å². The van der Waals surface area contributed by atoms with Gasteiger partial charge in [-0.05, 0) is 24.5 Å². The highest BCUT2D eigenvalue weighted by atomic mass is 16.8. The topological polar surface area (TPSA) is 142 Å². The first-order chi connectivity index (χ1) is 11.4. The van der Waals surface area contributed by atoms with Crippen molar-refractivity contribution in [2.24, 2.45) is 11.3 Å². The number of aliphatic hydroxyl groups excluding tert-OH is 1. The number of nitrogens with one attached hydrogen (secondary N) is 1. The third-order valence-corrected chi connectivity index (χ3v) is 4.26. The van der Waals surface area contributed by atoms with Gasteiger partial charge in [0.15, 0.2) is 0 Å². The normalized spacial score (nSPS) is 29.3. The molecule has 0 saturated carbocycles. The zero-order chi connectivity index (χ0) is 17.7. The van der Waals surface area contributed by atoms with E-state index in [1.807, 2.05) is 0 Å². The van der Waals surface area contributed by atoms with E-state index >= 15 is 0 Å². The first-order valence-electron chi connectivity index (χ1n) is 7.39. The molecule has 0 fully saturated rings. The molecule has 0 aromatic rings. The average molecular weight is 341 g/mol. The predicted molar refractivity (Wildman–Crippen MR) is 78.3 cm³/mol. The monoisotopic (exact) mass is 341 g/mol. The maximum atomic E-state index is 11.7. The second-order valence-corrected chi connectivity index (χ2v) is 5.68. The zero-order valence-corrected chi connectivity index (χ0v) is 12.8. The molecule has 4 atom stereocenters. The maximum Gasteiger partial charge on any atom is 0.314 e. The number of fused-ring (bicyclic) bond motifs is 1. The standard InChI is InChI=1S/C15H19NO8/c17-7-9-3-4-15(14(21)22)5-6-23-13(12(9)15)24-16-10(8-18)1-2-11(19)20/h3,5-6,8,10,12-13,16-17H,1-2,4,7H2,(H,19,20)(H,21,22)/t10-,12?,13?,15?/m1/s1. The van der Waals surface area contributed by atoms with E-state index in [1.54, 1.807) is 6.08 Å². The van der Waals surface area contributed by atoms with Crippen LogP contribution >= 0.6 is 0 Å². The third-order valence-electron chi connectivity index (χ3n) is 4.26. The lowest BCUT2D eigenvalue weighted by atomic mass is 9.73. The maximum absolute atomic E-state index is 11.7. The lowest BCUT2D eigenvalue weighted by Gasteiger charge is -2.38. The lowest BCUT2D eigenvalue weighted by molar-refractivity contribution is -0.208. The summed E-state index contributed by atoms with van der Waals surface area (Å²) in [7, 11) is 0. The van der Waals surface area contributed by atoms with E-state index in [0.29, 0.717) is 11.9 Å². The first kappa shape index (κ1) is 18.1. The van der Waals surface area contributed by atoms with Crippen LogP contribution in [0.5, 0.6) is 0 Å². The number of carboxylic acid groups (broad SMARTS) is 2. The van der Waals surface area contributed by atoms with Crippen molar-refractivity contribution in [3.8, 4) is 0 Å². The number of hydrogen-bond acceptors (Lipinski definition) is 7. The highest BCUT2D eigenvalue weighted by molar-refractivity contribution is 5.79. The fourth-order valence-electron chi connectivity index (χ4n) is 2.93. The molecule has 0 spiro atoms. The smallest absolute Gasteiger partial charge is 0.314 e. The van der Waals surface area contributed by atoms with E-state index in [1.165, 1.54) is 12.3 Å². The summed E-state index contributed by atoms with van der Waals surface area (Å²) in [5.74, 6) is -2.88. The molecule has 1 aliphatic heterocycles. The second kappa shape index (κ2) is 7.56. The molecular weight excluding hydrogens is 322 g/mol. The van der Waals surface area contributed by atoms with Crippen LogP contribution in [-0.4, -0.2) is 52.5 Å². The van der Waals surface area contributed by atoms with Gasteiger partial charge in [0.05, 0.1) is 24.8 Å². The fourth-order valence-corrected chi connectivity index (χ4v) is 2.93. The Balaban J connectivity index is 2.08. The average Bonchev–Trinajstić information content (AvgIpc) is 2.95. The predicted octanol–water partition coefficient (Wildman–Crippen LogP) is -0.180. The molecule has 4 N–H and O–H groups in total. The molecule has 9 nitrogen and oxygen atoms in total. The number of ether oxygens (including phenoxy) is 1. The van der Waals surface area contributed by atoms with Gasteiger partial charge in [-0.3, -0.25) is 14.4 Å². The van der Waals surface area contributed by atoms with Crippen molar-refractivity contribution in [3.63, 3.8) is 0 Å². The minimum absolute atomic E-state index is 0.0127. The van der Waals surface area contributed by atoms with E-state index in [0.717, 1.165) is 0 Å². The number of aldehydes is 1. The molecule has 9 heteroatoms. The van der Waals surface area contributed by atoms with Gasteiger partial charge in [-0.2, -0.15) is 5.48 Å². The third kappa shape index (κ3) is 3.48. The molecule has 1 heterocycles. The number of hydrogen-bond donors (Lipinski definition) is 4. The summed E-state index contributed by atoms with van der Waals surface area (Å²) in [5.41, 5.74) is 1.61. The number of allylic oxidation sites excluding steroid dienone is 1. The summed E-state index contributed by atoms with van der Waals surface area (Å²) in [5, 5.41) is 27.7. The van der Waals surface area contributed by atoms with Crippen LogP contribution in [0.3, 0.4) is 0 Å². The Morgan fingerprint density at radius 1 is 1.50 bits per heavy atom. The number of carbonyl (C=O) groups excluding carboxylic acids is 1. The van der Waals surface area contributed by atoms with Crippen LogP contribution in [-0.2, 0) is 24.0 Å². The largest absolute Gasteiger partial charge is 0.481 e. The number of rotatable bonds is 9. The quantitative estimate of drug-likeness (QED) is 0.255. The van der Waals surface area contributed by atoms with E-state index in [2.05, 4.69) is 5.48 Å². The van der Waals surface area contributed by atoms with Crippen LogP contribution in [0.25, 0.3) is 0 Å². The van der Waals surface area contributed by atoms with Crippen LogP contribution in [0.2, 0.25) is 0 Å². The van der Waals surface area contributed by atoms with Crippen molar-refractivity contribution < 1.29 is 39.3 Å². The van der Waals surface area contributed by atoms with Crippen molar-refractivity contribution in [1.82, 2.24) is 5.48 Å². The fraction of sp³-hybridized carbons (Fsp3) is 0.533. The highest BCUT2D eigenvalue weighted by Crippen LogP contribution is 2.49. The van der Waals surface area contributed by atoms with Crippen LogP contribution in [0.1, 0.15) is 19.3 Å². The van der Waals surface area contributed by atoms with Gasteiger partial charge in [-0.1, -0.05) is 6.08 Å². The minimum atomic E-state index is -1.28. The van der Waals surface area contributed by atoms with Gasteiger partial charge in [0.1, 0.15) is 11.7 Å². The molecule has 0 aromatic carbocycles. The van der Waals surface area contributed by atoms with E-state index < -0.39 is 35.6 Å². The molecular formula is C15H19NO8. The molecule has 132 valence electrons. The Labute approximate surface area is 137 Å². The van der Waals surface area contributed by atoms with Gasteiger partial charge in [0.25, 0.3) is 0 Å². The SMILES string of the molecule is O=C[C@@H](CCC(=O)O)NOC1OC=CC2(C(=O)O)CC=C(CO)C12. The van der Waals surface area contributed by atoms with Gasteiger partial charge >= 0.3 is 11.9 Å². The Bertz CT molecular complexity index is 572. The van der Waals surface area contributed by atoms with E-state index in [-0.39, 0.29) is 25.9 Å². The Hall–Kier alpha value is -2.23. The van der Waals surface area contributed by atoms with Gasteiger partial charge in [-0.25, -0.2) is 0 Å². The Morgan fingerprint density at radius 3 is 2.83 bits per heavy atom. The molecule has 2 aliphatic rings. The molecule has 0 radical (unpaired) electrons. The van der Waals surface area contributed by atoms with E-state index in [4.69, 9.17) is 14.7 Å². The van der Waals surface area contributed by atoms with E-state index in [9.17, 15) is 24.6 Å². The molecule has 24 heavy (non-hydrogen) atoms. The van der Waals surface area contributed by atoms with Gasteiger partial charge in [-0.15, -0.1) is 0 Å². The van der Waals surface area contributed by atoms with Crippen LogP contribution in [0.4, 0.5) is 0 Å². The van der Waals surface area contributed by atoms with Crippen molar-refractivity contribution in [1.29, 1.82) is 0 Å². The lowest BCUT2D eigenvalue weighted by Crippen LogP contribution is -2.48. The summed E-state index contributed by atoms with van der Waals surface area (Å²) in [6.07, 6.45) is 3.69. The van der Waals surface area contributed by atoms with Gasteiger partial charge < -0.3 is 24.9 Å². The van der Waals surface area contributed by atoms with Crippen LogP contribution in [0, 0.1) is 11.3 Å². The number of aliphatic carboxylic acids is 2. The van der Waals surface area contributed by atoms with Gasteiger partial charge in [0.2, 0.25) is 6.29 Å². The second-order valence-electron chi connectivity index (χ2n) is 5.68. The summed E-state index contributed by atoms with van der Waals surface area (Å²) < 4.78 is 5.31. The van der Waals surface area contributed by atoms with Crippen LogP contribution in [0.15, 0.2) is 24.0 Å². The molecule has 0 amide bonds. The summed E-state index contributed by atoms with van der Waals surface area (Å²) in [6, 6.07) is -0.877. The van der Waals surface area contributed by atoms with Gasteiger partial charge in [0, 0.05) is 6.42 Å². The molecule has 2 rings (SSSR count). The number of aliphatic hydroxyl groups is 1. The van der Waals surface area contributed by atoms with Crippen molar-refractivity contribution in [2.45, 2.75) is 31.6 Å². The Kier molecular flexibility index (Phi) is 5.71. The Morgan fingerprint density at radius 2 is 2.25 bits per heavy atom. The summed E-state index contributed by atoms with van der Waals surface area (Å²) in [6.45, 7) is -0.340. The first-order valence-corrected chi connectivity index (χ1v) is 7.39. The summed E-state index contributed by atoms with van der Waals surface area (Å²) >= 11 is 0. The van der Waals surface area contributed by atoms with Crippen molar-refractivity contribution in [3.05, 3.63) is 24.0 Å². The minimum Gasteiger partial charge on any atom is -0.481 e. The van der Waals surface area contributed by atoms with Crippen molar-refractivity contribution in [2.75, 3.05) is 6.61 Å². The molecule has 0 bridgehead atoms. The molecule has 1 aliphatic carbocycles. The number of carboxylic acids is 2. The highest BCUT2D eigenvalue weighted by Gasteiger charge is 2.55. The zero-order valence-electron chi connectivity index (χ0n) is 12.8.